The van der Waals surface area contributed by atoms with Crippen molar-refractivity contribution in [2.75, 3.05) is 6.54 Å². The second kappa shape index (κ2) is 6.56. The van der Waals surface area contributed by atoms with Crippen LogP contribution in [-0.2, 0) is 10.3 Å². The summed E-state index contributed by atoms with van der Waals surface area (Å²) < 4.78 is 5.59. The summed E-state index contributed by atoms with van der Waals surface area (Å²) >= 11 is 0. The summed E-state index contributed by atoms with van der Waals surface area (Å²) in [4.78, 5) is 39.6. The fraction of sp³-hybridized carbons (Fsp3) is 0.125. The molecule has 0 spiro atoms. The standard InChI is InChI=1S/C24H18N2O4/c1-24(18-11-6-9-15-7-2-4-10-17(15)18)22(28)26(23(29)25-24)14-19(27)21-13-16-8-3-5-12-20(16)30-21/h2-13H,14H2,1H3,(H,25,29). The Balaban J connectivity index is 1.47. The smallest absolute Gasteiger partial charge is 0.325 e. The predicted octanol–water partition coefficient (Wildman–Crippen LogP) is 4.24. The highest BCUT2D eigenvalue weighted by Gasteiger charge is 2.50. The zero-order valence-corrected chi connectivity index (χ0v) is 16.2. The van der Waals surface area contributed by atoms with Crippen LogP contribution in [0.5, 0.6) is 0 Å². The van der Waals surface area contributed by atoms with Crippen molar-refractivity contribution in [1.82, 2.24) is 10.2 Å². The van der Waals surface area contributed by atoms with Crippen molar-refractivity contribution in [3.63, 3.8) is 0 Å². The van der Waals surface area contributed by atoms with Crippen molar-refractivity contribution in [3.8, 4) is 0 Å². The van der Waals surface area contributed by atoms with E-state index < -0.39 is 23.3 Å². The lowest BCUT2D eigenvalue weighted by Gasteiger charge is -2.23. The molecule has 0 radical (unpaired) electrons. The lowest BCUT2D eigenvalue weighted by atomic mass is 9.88. The molecule has 0 saturated carbocycles. The van der Waals surface area contributed by atoms with Crippen LogP contribution in [-0.4, -0.2) is 29.2 Å². The van der Waals surface area contributed by atoms with Crippen LogP contribution in [0.25, 0.3) is 21.7 Å². The Hall–Kier alpha value is -3.93. The molecular formula is C24H18N2O4. The van der Waals surface area contributed by atoms with E-state index in [1.54, 1.807) is 19.1 Å². The van der Waals surface area contributed by atoms with Crippen LogP contribution in [0, 0.1) is 0 Å². The van der Waals surface area contributed by atoms with Gasteiger partial charge in [0.2, 0.25) is 5.78 Å². The molecule has 1 fully saturated rings. The number of Topliss-reactive ketones (excluding diaryl/α,β-unsaturated/α-hetero) is 1. The number of nitrogens with one attached hydrogen (secondary N) is 1. The van der Waals surface area contributed by atoms with E-state index in [2.05, 4.69) is 5.32 Å². The van der Waals surface area contributed by atoms with Crippen molar-refractivity contribution in [2.45, 2.75) is 12.5 Å². The summed E-state index contributed by atoms with van der Waals surface area (Å²) in [6.07, 6.45) is 0. The first-order chi connectivity index (χ1) is 14.5. The molecule has 148 valence electrons. The van der Waals surface area contributed by atoms with Crippen molar-refractivity contribution in [1.29, 1.82) is 0 Å². The number of para-hydroxylation sites is 1. The third-order valence-electron chi connectivity index (χ3n) is 5.61. The molecule has 3 amide bonds. The molecule has 1 saturated heterocycles. The number of carbonyl (C=O) groups is 3. The maximum Gasteiger partial charge on any atom is 0.325 e. The average molecular weight is 398 g/mol. The second-order valence-corrected chi connectivity index (χ2v) is 7.54. The van der Waals surface area contributed by atoms with Gasteiger partial charge >= 0.3 is 6.03 Å². The summed E-state index contributed by atoms with van der Waals surface area (Å²) in [5.41, 5.74) is 0.0165. The molecular weight excluding hydrogens is 380 g/mol. The third kappa shape index (κ3) is 2.69. The van der Waals surface area contributed by atoms with E-state index in [0.29, 0.717) is 11.1 Å². The first kappa shape index (κ1) is 18.1. The molecule has 5 rings (SSSR count). The Morgan fingerprint density at radius 1 is 0.967 bits per heavy atom. The number of hydrogen-bond donors (Lipinski definition) is 1. The van der Waals surface area contributed by atoms with Crippen LogP contribution >= 0.6 is 0 Å². The van der Waals surface area contributed by atoms with E-state index >= 15 is 0 Å². The van der Waals surface area contributed by atoms with E-state index in [1.165, 1.54) is 0 Å². The molecule has 0 aliphatic carbocycles. The number of urea groups is 1. The van der Waals surface area contributed by atoms with Gasteiger partial charge in [0.05, 0.1) is 6.54 Å². The fourth-order valence-electron chi connectivity index (χ4n) is 4.03. The third-order valence-corrected chi connectivity index (χ3v) is 5.61. The molecule has 3 aromatic carbocycles. The first-order valence-electron chi connectivity index (χ1n) is 9.61. The number of nitrogens with zero attached hydrogens (tertiary/aromatic N) is 1. The van der Waals surface area contributed by atoms with E-state index in [9.17, 15) is 14.4 Å². The van der Waals surface area contributed by atoms with E-state index in [1.807, 2.05) is 60.7 Å². The van der Waals surface area contributed by atoms with E-state index in [0.717, 1.165) is 21.1 Å². The van der Waals surface area contributed by atoms with Gasteiger partial charge in [-0.1, -0.05) is 60.7 Å². The number of ketones is 1. The van der Waals surface area contributed by atoms with Crippen LogP contribution in [0.2, 0.25) is 0 Å². The summed E-state index contributed by atoms with van der Waals surface area (Å²) in [5, 5.41) is 5.41. The van der Waals surface area contributed by atoms with Gasteiger partial charge in [-0.25, -0.2) is 4.79 Å². The predicted molar refractivity (Wildman–Crippen MR) is 112 cm³/mol. The number of hydrogen-bond acceptors (Lipinski definition) is 4. The number of rotatable bonds is 4. The Morgan fingerprint density at radius 3 is 2.47 bits per heavy atom. The number of fused-ring (bicyclic) bond motifs is 2. The molecule has 6 nitrogen and oxygen atoms in total. The van der Waals surface area contributed by atoms with Crippen LogP contribution in [0.1, 0.15) is 23.0 Å². The quantitative estimate of drug-likeness (QED) is 0.412. The molecule has 30 heavy (non-hydrogen) atoms. The largest absolute Gasteiger partial charge is 0.453 e. The fourth-order valence-corrected chi connectivity index (χ4v) is 4.03. The molecule has 1 aromatic heterocycles. The first-order valence-corrected chi connectivity index (χ1v) is 9.61. The van der Waals surface area contributed by atoms with Gasteiger partial charge in [0.15, 0.2) is 5.76 Å². The van der Waals surface area contributed by atoms with Crippen LogP contribution in [0.3, 0.4) is 0 Å². The van der Waals surface area contributed by atoms with Crippen molar-refractivity contribution < 1.29 is 18.8 Å². The molecule has 1 aliphatic heterocycles. The highest BCUT2D eigenvalue weighted by atomic mass is 16.3. The molecule has 1 N–H and O–H groups in total. The Morgan fingerprint density at radius 2 is 1.67 bits per heavy atom. The lowest BCUT2D eigenvalue weighted by molar-refractivity contribution is -0.130. The number of amides is 3. The molecule has 0 bridgehead atoms. The molecule has 1 atom stereocenters. The number of furan rings is 1. The molecule has 4 aromatic rings. The van der Waals surface area contributed by atoms with Crippen LogP contribution < -0.4 is 5.32 Å². The topological polar surface area (TPSA) is 79.6 Å². The Labute approximate surface area is 172 Å². The van der Waals surface area contributed by atoms with Crippen molar-refractivity contribution >= 4 is 39.5 Å². The minimum absolute atomic E-state index is 0.121. The van der Waals surface area contributed by atoms with Gasteiger partial charge < -0.3 is 9.73 Å². The maximum absolute atomic E-state index is 13.3. The van der Waals surface area contributed by atoms with Gasteiger partial charge in [-0.2, -0.15) is 0 Å². The van der Waals surface area contributed by atoms with Crippen molar-refractivity contribution in [3.05, 3.63) is 84.1 Å². The van der Waals surface area contributed by atoms with Gasteiger partial charge in [-0.15, -0.1) is 0 Å². The van der Waals surface area contributed by atoms with E-state index in [4.69, 9.17) is 4.42 Å². The zero-order valence-electron chi connectivity index (χ0n) is 16.2. The average Bonchev–Trinajstić information content (AvgIpc) is 3.28. The normalized spacial score (nSPS) is 18.9. The monoisotopic (exact) mass is 398 g/mol. The Bertz CT molecular complexity index is 1300. The van der Waals surface area contributed by atoms with Gasteiger partial charge in [-0.3, -0.25) is 14.5 Å². The van der Waals surface area contributed by atoms with Gasteiger partial charge in [0, 0.05) is 5.39 Å². The minimum atomic E-state index is -1.26. The summed E-state index contributed by atoms with van der Waals surface area (Å²) in [5.74, 6) is -0.777. The molecule has 1 unspecified atom stereocenters. The van der Waals surface area contributed by atoms with Crippen LogP contribution in [0.4, 0.5) is 4.79 Å². The van der Waals surface area contributed by atoms with Gasteiger partial charge in [-0.05, 0) is 35.4 Å². The summed E-state index contributed by atoms with van der Waals surface area (Å²) in [6, 6.07) is 21.6. The molecule has 6 heteroatoms. The highest BCUT2D eigenvalue weighted by Crippen LogP contribution is 2.34. The Kier molecular flexibility index (Phi) is 3.96. The van der Waals surface area contributed by atoms with Gasteiger partial charge in [0.1, 0.15) is 11.1 Å². The SMILES string of the molecule is CC1(c2cccc3ccccc23)NC(=O)N(CC(=O)c2cc3ccccc3o2)C1=O. The zero-order chi connectivity index (χ0) is 20.9. The summed E-state index contributed by atoms with van der Waals surface area (Å²) in [7, 11) is 0. The molecule has 1 aliphatic rings. The number of carbonyl (C=O) groups excluding carboxylic acids is 3. The maximum atomic E-state index is 13.3. The number of benzene rings is 3. The molecule has 2 heterocycles. The van der Waals surface area contributed by atoms with E-state index in [-0.39, 0.29) is 12.3 Å². The second-order valence-electron chi connectivity index (χ2n) is 7.54. The van der Waals surface area contributed by atoms with Crippen LogP contribution in [0.15, 0.2) is 77.2 Å². The van der Waals surface area contributed by atoms with Crippen molar-refractivity contribution in [2.24, 2.45) is 0 Å². The summed E-state index contributed by atoms with van der Waals surface area (Å²) in [6.45, 7) is 1.28. The van der Waals surface area contributed by atoms with Gasteiger partial charge in [0.25, 0.3) is 5.91 Å². The highest BCUT2D eigenvalue weighted by molar-refractivity contribution is 6.12. The minimum Gasteiger partial charge on any atom is -0.453 e. The lowest BCUT2D eigenvalue weighted by Crippen LogP contribution is -2.41. The number of imide groups is 1.